The number of hydrogen-bond donors (Lipinski definition) is 1. The average Bonchev–Trinajstić information content (AvgIpc) is 1.87. The molecule has 0 saturated carbocycles. The van der Waals surface area contributed by atoms with Crippen molar-refractivity contribution in [2.24, 2.45) is 0 Å². The number of methoxy groups -OCH3 is 1. The second-order valence-electron chi connectivity index (χ2n) is 3.71. The standard InChI is InChI=1S/C9H20O2/c1-8(10)6-5-7-9(2,3)11-4/h8,10H,5-7H2,1-4H3/t8-/m1/s1. The second-order valence-corrected chi connectivity index (χ2v) is 3.71. The Labute approximate surface area is 69.6 Å². The van der Waals surface area contributed by atoms with Crippen LogP contribution in [0.2, 0.25) is 0 Å². The highest BCUT2D eigenvalue weighted by molar-refractivity contribution is 4.67. The summed E-state index contributed by atoms with van der Waals surface area (Å²) in [7, 11) is 1.72. The Bertz CT molecular complexity index is 97.7. The molecular formula is C9H20O2. The van der Waals surface area contributed by atoms with Gasteiger partial charge in [0.25, 0.3) is 0 Å². The topological polar surface area (TPSA) is 29.5 Å². The molecule has 2 nitrogen and oxygen atoms in total. The average molecular weight is 160 g/mol. The summed E-state index contributed by atoms with van der Waals surface area (Å²) in [5.74, 6) is 0. The van der Waals surface area contributed by atoms with Crippen LogP contribution in [-0.4, -0.2) is 23.9 Å². The van der Waals surface area contributed by atoms with Gasteiger partial charge in [-0.05, 0) is 40.0 Å². The van der Waals surface area contributed by atoms with Crippen molar-refractivity contribution in [3.8, 4) is 0 Å². The zero-order chi connectivity index (χ0) is 8.91. The van der Waals surface area contributed by atoms with Crippen LogP contribution in [0, 0.1) is 0 Å². The Morgan fingerprint density at radius 2 is 2.00 bits per heavy atom. The molecule has 0 aliphatic carbocycles. The van der Waals surface area contributed by atoms with Crippen LogP contribution in [-0.2, 0) is 4.74 Å². The zero-order valence-corrected chi connectivity index (χ0v) is 8.05. The monoisotopic (exact) mass is 160 g/mol. The van der Waals surface area contributed by atoms with E-state index in [2.05, 4.69) is 13.8 Å². The fourth-order valence-electron chi connectivity index (χ4n) is 0.925. The van der Waals surface area contributed by atoms with Crippen molar-refractivity contribution in [2.45, 2.75) is 51.7 Å². The molecule has 0 aromatic carbocycles. The third-order valence-electron chi connectivity index (χ3n) is 1.95. The quantitative estimate of drug-likeness (QED) is 0.666. The summed E-state index contributed by atoms with van der Waals surface area (Å²) in [6, 6.07) is 0. The summed E-state index contributed by atoms with van der Waals surface area (Å²) in [4.78, 5) is 0. The molecule has 0 spiro atoms. The lowest BCUT2D eigenvalue weighted by Gasteiger charge is -2.22. The summed E-state index contributed by atoms with van der Waals surface area (Å²) in [5.41, 5.74) is -0.0328. The van der Waals surface area contributed by atoms with Gasteiger partial charge in [-0.25, -0.2) is 0 Å². The number of ether oxygens (including phenoxy) is 1. The van der Waals surface area contributed by atoms with E-state index in [1.165, 1.54) is 0 Å². The molecule has 1 N–H and O–H groups in total. The zero-order valence-electron chi connectivity index (χ0n) is 8.05. The summed E-state index contributed by atoms with van der Waals surface area (Å²) in [5, 5.41) is 8.98. The highest BCUT2D eigenvalue weighted by Gasteiger charge is 2.15. The number of aliphatic hydroxyl groups excluding tert-OH is 1. The summed E-state index contributed by atoms with van der Waals surface area (Å²) in [6.45, 7) is 5.95. The fraction of sp³-hybridized carbons (Fsp3) is 1.00. The van der Waals surface area contributed by atoms with Gasteiger partial charge in [-0.3, -0.25) is 0 Å². The number of hydrogen-bond acceptors (Lipinski definition) is 2. The molecule has 2 heteroatoms. The van der Waals surface area contributed by atoms with Crippen LogP contribution in [0.1, 0.15) is 40.0 Å². The first-order valence-corrected chi connectivity index (χ1v) is 4.21. The predicted molar refractivity (Wildman–Crippen MR) is 46.6 cm³/mol. The van der Waals surface area contributed by atoms with Gasteiger partial charge in [-0.2, -0.15) is 0 Å². The lowest BCUT2D eigenvalue weighted by Crippen LogP contribution is -2.22. The Balaban J connectivity index is 3.38. The smallest absolute Gasteiger partial charge is 0.0622 e. The van der Waals surface area contributed by atoms with Gasteiger partial charge in [0.1, 0.15) is 0 Å². The van der Waals surface area contributed by atoms with Crippen molar-refractivity contribution >= 4 is 0 Å². The molecule has 0 aromatic rings. The minimum Gasteiger partial charge on any atom is -0.393 e. The molecule has 11 heavy (non-hydrogen) atoms. The van der Waals surface area contributed by atoms with Crippen molar-refractivity contribution < 1.29 is 9.84 Å². The van der Waals surface area contributed by atoms with Crippen molar-refractivity contribution in [1.82, 2.24) is 0 Å². The molecule has 1 atom stereocenters. The minimum absolute atomic E-state index is 0.0328. The molecular weight excluding hydrogens is 140 g/mol. The maximum absolute atomic E-state index is 8.98. The molecule has 0 fully saturated rings. The van der Waals surface area contributed by atoms with E-state index >= 15 is 0 Å². The molecule has 0 bridgehead atoms. The lowest BCUT2D eigenvalue weighted by molar-refractivity contribution is 0.0111. The van der Waals surface area contributed by atoms with Crippen LogP contribution in [0.15, 0.2) is 0 Å². The van der Waals surface area contributed by atoms with Crippen LogP contribution in [0.4, 0.5) is 0 Å². The molecule has 0 unspecified atom stereocenters. The predicted octanol–water partition coefficient (Wildman–Crippen LogP) is 1.96. The molecule has 0 rings (SSSR count). The maximum Gasteiger partial charge on any atom is 0.0622 e. The first-order valence-electron chi connectivity index (χ1n) is 4.21. The van der Waals surface area contributed by atoms with E-state index in [0.29, 0.717) is 0 Å². The van der Waals surface area contributed by atoms with E-state index in [-0.39, 0.29) is 11.7 Å². The molecule has 0 aliphatic rings. The number of rotatable bonds is 5. The third kappa shape index (κ3) is 6.32. The third-order valence-corrected chi connectivity index (χ3v) is 1.95. The van der Waals surface area contributed by atoms with Gasteiger partial charge in [0.2, 0.25) is 0 Å². The second kappa shape index (κ2) is 4.73. The van der Waals surface area contributed by atoms with Crippen LogP contribution in [0.3, 0.4) is 0 Å². The molecule has 0 radical (unpaired) electrons. The van der Waals surface area contributed by atoms with Crippen molar-refractivity contribution in [3.05, 3.63) is 0 Å². The van der Waals surface area contributed by atoms with E-state index in [4.69, 9.17) is 9.84 Å². The highest BCUT2D eigenvalue weighted by Crippen LogP contribution is 2.16. The van der Waals surface area contributed by atoms with Crippen molar-refractivity contribution in [1.29, 1.82) is 0 Å². The molecule has 0 aliphatic heterocycles. The first-order chi connectivity index (χ1) is 4.98. The van der Waals surface area contributed by atoms with Gasteiger partial charge in [-0.15, -0.1) is 0 Å². The van der Waals surface area contributed by atoms with Gasteiger partial charge in [0.05, 0.1) is 11.7 Å². The van der Waals surface area contributed by atoms with Gasteiger partial charge in [0.15, 0.2) is 0 Å². The van der Waals surface area contributed by atoms with Gasteiger partial charge < -0.3 is 9.84 Å². The van der Waals surface area contributed by atoms with Crippen LogP contribution in [0.5, 0.6) is 0 Å². The summed E-state index contributed by atoms with van der Waals surface area (Å²) in [6.07, 6.45) is 2.72. The number of aliphatic hydroxyl groups is 1. The van der Waals surface area contributed by atoms with E-state index < -0.39 is 0 Å². The minimum atomic E-state index is -0.178. The van der Waals surface area contributed by atoms with Gasteiger partial charge in [-0.1, -0.05) is 0 Å². The Morgan fingerprint density at radius 3 is 2.36 bits per heavy atom. The van der Waals surface area contributed by atoms with E-state index in [1.807, 2.05) is 6.92 Å². The van der Waals surface area contributed by atoms with Gasteiger partial charge in [0, 0.05) is 7.11 Å². The molecule has 0 saturated heterocycles. The Morgan fingerprint density at radius 1 is 1.45 bits per heavy atom. The largest absolute Gasteiger partial charge is 0.393 e. The Hall–Kier alpha value is -0.0800. The lowest BCUT2D eigenvalue weighted by atomic mass is 10.0. The highest BCUT2D eigenvalue weighted by atomic mass is 16.5. The van der Waals surface area contributed by atoms with Crippen LogP contribution in [0.25, 0.3) is 0 Å². The maximum atomic E-state index is 8.98. The molecule has 0 amide bonds. The van der Waals surface area contributed by atoms with Gasteiger partial charge >= 0.3 is 0 Å². The summed E-state index contributed by atoms with van der Waals surface area (Å²) < 4.78 is 5.24. The van der Waals surface area contributed by atoms with E-state index in [1.54, 1.807) is 7.11 Å². The van der Waals surface area contributed by atoms with E-state index in [9.17, 15) is 0 Å². The van der Waals surface area contributed by atoms with Crippen LogP contribution >= 0.6 is 0 Å². The Kier molecular flexibility index (Phi) is 4.69. The van der Waals surface area contributed by atoms with Crippen LogP contribution < -0.4 is 0 Å². The SMILES string of the molecule is COC(C)(C)CCC[C@@H](C)O. The fourth-order valence-corrected chi connectivity index (χ4v) is 0.925. The van der Waals surface area contributed by atoms with Crippen molar-refractivity contribution in [2.75, 3.05) is 7.11 Å². The normalized spacial score (nSPS) is 15.0. The van der Waals surface area contributed by atoms with E-state index in [0.717, 1.165) is 19.3 Å². The molecule has 0 heterocycles. The summed E-state index contributed by atoms with van der Waals surface area (Å²) >= 11 is 0. The molecule has 68 valence electrons. The first kappa shape index (κ1) is 10.9. The molecule has 0 aromatic heterocycles. The van der Waals surface area contributed by atoms with Crippen molar-refractivity contribution in [3.63, 3.8) is 0 Å².